The van der Waals surface area contributed by atoms with Crippen LogP contribution in [0.15, 0.2) is 4.42 Å². The van der Waals surface area contributed by atoms with Crippen molar-refractivity contribution >= 4 is 15.8 Å². The van der Waals surface area contributed by atoms with E-state index in [1.165, 1.54) is 13.8 Å². The van der Waals surface area contributed by atoms with E-state index in [-0.39, 0.29) is 17.3 Å². The Morgan fingerprint density at radius 2 is 2.07 bits per heavy atom. The van der Waals surface area contributed by atoms with Gasteiger partial charge in [-0.15, -0.1) is 0 Å². The van der Waals surface area contributed by atoms with Crippen LogP contribution in [-0.4, -0.2) is 30.7 Å². The molecule has 1 unspecified atom stereocenters. The van der Waals surface area contributed by atoms with E-state index >= 15 is 0 Å². The van der Waals surface area contributed by atoms with E-state index in [1.807, 2.05) is 0 Å². The number of carboxylic acids is 1. The van der Waals surface area contributed by atoms with Crippen molar-refractivity contribution in [2.24, 2.45) is 0 Å². The Bertz CT molecular complexity index is 487. The number of hydrogen-bond donors (Lipinski definition) is 1. The maximum absolute atomic E-state index is 11.2. The monoisotopic (exact) mass is 233 g/mol. The van der Waals surface area contributed by atoms with Crippen LogP contribution in [0.4, 0.5) is 0 Å². The van der Waals surface area contributed by atoms with E-state index in [4.69, 9.17) is 9.52 Å². The fourth-order valence-electron chi connectivity index (χ4n) is 0.973. The molecule has 0 saturated heterocycles. The molecule has 7 heteroatoms. The minimum absolute atomic E-state index is 0.0904. The van der Waals surface area contributed by atoms with Crippen molar-refractivity contribution in [2.75, 3.05) is 6.26 Å². The average molecular weight is 233 g/mol. The Balaban J connectivity index is 3.19. The van der Waals surface area contributed by atoms with Gasteiger partial charge in [0.2, 0.25) is 11.7 Å². The minimum Gasteiger partial charge on any atom is -0.475 e. The summed E-state index contributed by atoms with van der Waals surface area (Å²) < 4.78 is 27.2. The summed E-state index contributed by atoms with van der Waals surface area (Å²) >= 11 is 0. The lowest BCUT2D eigenvalue weighted by Gasteiger charge is -2.02. The van der Waals surface area contributed by atoms with Crippen LogP contribution in [0, 0.1) is 6.92 Å². The first-order valence-corrected chi connectivity index (χ1v) is 6.08. The fraction of sp³-hybridized carbons (Fsp3) is 0.500. The highest BCUT2D eigenvalue weighted by atomic mass is 32.2. The molecule has 0 spiro atoms. The summed E-state index contributed by atoms with van der Waals surface area (Å²) in [7, 11) is -3.33. The SMILES string of the molecule is Cc1nc(C(C)S(C)(=O)=O)oc1C(=O)O. The zero-order valence-electron chi connectivity index (χ0n) is 8.51. The van der Waals surface area contributed by atoms with Gasteiger partial charge in [-0.3, -0.25) is 0 Å². The molecule has 0 aliphatic carbocycles. The van der Waals surface area contributed by atoms with Crippen LogP contribution < -0.4 is 0 Å². The summed E-state index contributed by atoms with van der Waals surface area (Å²) in [5.41, 5.74) is 0.174. The fourth-order valence-corrected chi connectivity index (χ4v) is 1.44. The molecule has 0 aliphatic rings. The molecule has 0 radical (unpaired) electrons. The summed E-state index contributed by atoms with van der Waals surface area (Å²) in [6.07, 6.45) is 1.04. The molecule has 84 valence electrons. The molecule has 15 heavy (non-hydrogen) atoms. The maximum atomic E-state index is 11.2. The number of nitrogens with zero attached hydrogens (tertiary/aromatic N) is 1. The number of aromatic nitrogens is 1. The molecule has 1 aromatic heterocycles. The average Bonchev–Trinajstić information content (AvgIpc) is 2.44. The third kappa shape index (κ3) is 2.35. The van der Waals surface area contributed by atoms with Crippen LogP contribution in [0.3, 0.4) is 0 Å². The predicted octanol–water partition coefficient (Wildman–Crippen LogP) is 0.787. The first-order chi connectivity index (χ1) is 6.73. The zero-order valence-corrected chi connectivity index (χ0v) is 9.33. The summed E-state index contributed by atoms with van der Waals surface area (Å²) in [5, 5.41) is 7.74. The topological polar surface area (TPSA) is 97.5 Å². The second-order valence-corrected chi connectivity index (χ2v) is 5.61. The number of sulfone groups is 1. The third-order valence-corrected chi connectivity index (χ3v) is 3.48. The summed E-state index contributed by atoms with van der Waals surface area (Å²) in [4.78, 5) is 14.4. The first-order valence-electron chi connectivity index (χ1n) is 4.13. The number of oxazole rings is 1. The standard InChI is InChI=1S/C8H11NO5S/c1-4-6(8(10)11)14-7(9-4)5(2)15(3,12)13/h5H,1-3H3,(H,10,11). The Labute approximate surface area is 86.9 Å². The van der Waals surface area contributed by atoms with Crippen molar-refractivity contribution in [3.05, 3.63) is 17.3 Å². The van der Waals surface area contributed by atoms with Crippen LogP contribution in [0.1, 0.15) is 34.3 Å². The maximum Gasteiger partial charge on any atom is 0.373 e. The number of rotatable bonds is 3. The highest BCUT2D eigenvalue weighted by molar-refractivity contribution is 7.90. The van der Waals surface area contributed by atoms with Crippen LogP contribution in [-0.2, 0) is 9.84 Å². The van der Waals surface area contributed by atoms with Gasteiger partial charge in [0.15, 0.2) is 9.84 Å². The van der Waals surface area contributed by atoms with Gasteiger partial charge in [0.25, 0.3) is 0 Å². The summed E-state index contributed by atoms with van der Waals surface area (Å²) in [5.74, 6) is -1.67. The Morgan fingerprint density at radius 1 is 1.53 bits per heavy atom. The Morgan fingerprint density at radius 3 is 2.40 bits per heavy atom. The van der Waals surface area contributed by atoms with Gasteiger partial charge in [-0.05, 0) is 13.8 Å². The molecular formula is C8H11NO5S. The largest absolute Gasteiger partial charge is 0.475 e. The lowest BCUT2D eigenvalue weighted by Crippen LogP contribution is -2.07. The highest BCUT2D eigenvalue weighted by Crippen LogP contribution is 2.22. The van der Waals surface area contributed by atoms with E-state index in [0.717, 1.165) is 6.26 Å². The van der Waals surface area contributed by atoms with Crippen LogP contribution in [0.5, 0.6) is 0 Å². The normalized spacial score (nSPS) is 13.8. The molecule has 1 heterocycles. The third-order valence-electron chi connectivity index (χ3n) is 2.00. The van der Waals surface area contributed by atoms with E-state index in [1.54, 1.807) is 0 Å². The second-order valence-electron chi connectivity index (χ2n) is 3.24. The molecule has 6 nitrogen and oxygen atoms in total. The number of hydrogen-bond acceptors (Lipinski definition) is 5. The number of carboxylic acid groups (broad SMARTS) is 1. The molecule has 1 N–H and O–H groups in total. The van der Waals surface area contributed by atoms with Crippen molar-refractivity contribution < 1.29 is 22.7 Å². The number of aryl methyl sites for hydroxylation is 1. The molecule has 0 fully saturated rings. The van der Waals surface area contributed by atoms with Gasteiger partial charge in [0.1, 0.15) is 5.25 Å². The number of carbonyl (C=O) groups is 1. The molecule has 0 aliphatic heterocycles. The Hall–Kier alpha value is -1.37. The quantitative estimate of drug-likeness (QED) is 0.828. The zero-order chi connectivity index (χ0) is 11.8. The van der Waals surface area contributed by atoms with Crippen LogP contribution in [0.25, 0.3) is 0 Å². The molecular weight excluding hydrogens is 222 g/mol. The van der Waals surface area contributed by atoms with Crippen molar-refractivity contribution in [3.8, 4) is 0 Å². The second kappa shape index (κ2) is 3.65. The summed E-state index contributed by atoms with van der Waals surface area (Å²) in [6.45, 7) is 2.84. The smallest absolute Gasteiger partial charge is 0.373 e. The van der Waals surface area contributed by atoms with E-state index in [0.29, 0.717) is 0 Å². The van der Waals surface area contributed by atoms with Gasteiger partial charge in [0, 0.05) is 6.26 Å². The number of aromatic carboxylic acids is 1. The van der Waals surface area contributed by atoms with Gasteiger partial charge in [-0.25, -0.2) is 18.2 Å². The highest BCUT2D eigenvalue weighted by Gasteiger charge is 2.25. The van der Waals surface area contributed by atoms with Gasteiger partial charge in [-0.2, -0.15) is 0 Å². The van der Waals surface area contributed by atoms with E-state index in [2.05, 4.69) is 4.98 Å². The minimum atomic E-state index is -3.33. The van der Waals surface area contributed by atoms with E-state index in [9.17, 15) is 13.2 Å². The Kier molecular flexibility index (Phi) is 2.85. The molecule has 0 bridgehead atoms. The van der Waals surface area contributed by atoms with E-state index < -0.39 is 21.1 Å². The molecule has 1 rings (SSSR count). The van der Waals surface area contributed by atoms with Crippen molar-refractivity contribution in [1.29, 1.82) is 0 Å². The lowest BCUT2D eigenvalue weighted by atomic mass is 10.4. The summed E-state index contributed by atoms with van der Waals surface area (Å²) in [6, 6.07) is 0. The first kappa shape index (κ1) is 11.7. The van der Waals surface area contributed by atoms with Gasteiger partial charge in [-0.1, -0.05) is 0 Å². The lowest BCUT2D eigenvalue weighted by molar-refractivity contribution is 0.0659. The van der Waals surface area contributed by atoms with Gasteiger partial charge in [0.05, 0.1) is 5.69 Å². The van der Waals surface area contributed by atoms with Crippen molar-refractivity contribution in [3.63, 3.8) is 0 Å². The van der Waals surface area contributed by atoms with Crippen molar-refractivity contribution in [2.45, 2.75) is 19.1 Å². The molecule has 1 aromatic rings. The molecule has 0 saturated carbocycles. The van der Waals surface area contributed by atoms with Gasteiger partial charge >= 0.3 is 5.97 Å². The van der Waals surface area contributed by atoms with Crippen LogP contribution >= 0.6 is 0 Å². The molecule has 0 amide bonds. The predicted molar refractivity (Wildman–Crippen MR) is 51.5 cm³/mol. The molecule has 0 aromatic carbocycles. The van der Waals surface area contributed by atoms with Crippen molar-refractivity contribution in [1.82, 2.24) is 4.98 Å². The van der Waals surface area contributed by atoms with Crippen LogP contribution in [0.2, 0.25) is 0 Å². The molecule has 1 atom stereocenters. The van der Waals surface area contributed by atoms with Gasteiger partial charge < -0.3 is 9.52 Å².